The first-order valence-electron chi connectivity index (χ1n) is 13.0. The summed E-state index contributed by atoms with van der Waals surface area (Å²) in [5.41, 5.74) is 3.59. The first-order chi connectivity index (χ1) is 17.2. The number of hydrogen-bond acceptors (Lipinski definition) is 5. The van der Waals surface area contributed by atoms with Gasteiger partial charge in [0.1, 0.15) is 5.69 Å². The van der Waals surface area contributed by atoms with E-state index in [0.29, 0.717) is 32.0 Å². The Morgan fingerprint density at radius 1 is 1.14 bits per heavy atom. The third kappa shape index (κ3) is 4.81. The van der Waals surface area contributed by atoms with Crippen molar-refractivity contribution in [2.24, 2.45) is 13.0 Å². The maximum absolute atomic E-state index is 13.4. The number of rotatable bonds is 8. The Balaban J connectivity index is 1.61. The average molecular weight is 497 g/mol. The van der Waals surface area contributed by atoms with E-state index in [9.17, 15) is 9.59 Å². The molecule has 2 atom stereocenters. The van der Waals surface area contributed by atoms with E-state index in [1.807, 2.05) is 37.9 Å². The fourth-order valence-corrected chi connectivity index (χ4v) is 5.64. The molecule has 36 heavy (non-hydrogen) atoms. The van der Waals surface area contributed by atoms with Crippen molar-refractivity contribution in [1.82, 2.24) is 20.0 Å². The van der Waals surface area contributed by atoms with E-state index in [-0.39, 0.29) is 41.2 Å². The van der Waals surface area contributed by atoms with Gasteiger partial charge in [0.25, 0.3) is 5.91 Å². The van der Waals surface area contributed by atoms with Crippen molar-refractivity contribution in [3.8, 4) is 0 Å². The number of methoxy groups -OCH3 is 1. The second kappa shape index (κ2) is 10.7. The Kier molecular flexibility index (Phi) is 7.85. The van der Waals surface area contributed by atoms with Crippen molar-refractivity contribution >= 4 is 11.8 Å². The van der Waals surface area contributed by atoms with Crippen molar-refractivity contribution in [3.63, 3.8) is 0 Å². The van der Waals surface area contributed by atoms with Crippen LogP contribution in [0.15, 0.2) is 30.3 Å². The molecule has 8 nitrogen and oxygen atoms in total. The highest BCUT2D eigenvalue weighted by Crippen LogP contribution is 2.52. The zero-order valence-corrected chi connectivity index (χ0v) is 22.4. The molecule has 1 N–H and O–H groups in total. The fourth-order valence-electron chi connectivity index (χ4n) is 5.64. The van der Waals surface area contributed by atoms with Gasteiger partial charge >= 0.3 is 0 Å². The van der Waals surface area contributed by atoms with Crippen LogP contribution in [0.3, 0.4) is 0 Å². The number of amides is 2. The number of nitrogens with one attached hydrogen (secondary N) is 1. The Labute approximate surface area is 214 Å². The molecule has 2 amide bonds. The number of likely N-dealkylation sites (tertiary alicyclic amines) is 1. The zero-order chi connectivity index (χ0) is 26.0. The summed E-state index contributed by atoms with van der Waals surface area (Å²) in [6.07, 6.45) is 1.29. The molecule has 0 saturated carbocycles. The van der Waals surface area contributed by atoms with Gasteiger partial charge in [0, 0.05) is 38.6 Å². The summed E-state index contributed by atoms with van der Waals surface area (Å²) in [4.78, 5) is 28.2. The Morgan fingerprint density at radius 2 is 1.83 bits per heavy atom. The van der Waals surface area contributed by atoms with Crippen molar-refractivity contribution in [2.45, 2.75) is 64.0 Å². The standard InChI is InChI=1S/C28H40N4O4/c1-18(2)22-17-23(31(5)30-22)27(34)32-13-11-28(12-14-32)21-10-8-7-9-20(21)24(29-26(33)19(3)4)25(28)36-16-15-35-6/h7-10,17-19,24-25H,11-16H2,1-6H3,(H,29,33)/t24-,25+/m1/s1. The molecule has 4 rings (SSSR count). The average Bonchev–Trinajstić information content (AvgIpc) is 3.37. The van der Waals surface area contributed by atoms with Gasteiger partial charge in [-0.15, -0.1) is 0 Å². The number of benzene rings is 1. The highest BCUT2D eigenvalue weighted by molar-refractivity contribution is 5.92. The number of hydrogen-bond donors (Lipinski definition) is 1. The molecule has 0 unspecified atom stereocenters. The van der Waals surface area contributed by atoms with Gasteiger partial charge in [0.05, 0.1) is 31.1 Å². The molecule has 8 heteroatoms. The molecule has 1 fully saturated rings. The number of carbonyl (C=O) groups excluding carboxylic acids is 2. The lowest BCUT2D eigenvalue weighted by molar-refractivity contribution is -0.127. The van der Waals surface area contributed by atoms with Crippen LogP contribution in [-0.2, 0) is 26.7 Å². The molecular formula is C28H40N4O4. The summed E-state index contributed by atoms with van der Waals surface area (Å²) in [5, 5.41) is 7.80. The van der Waals surface area contributed by atoms with Gasteiger partial charge in [-0.05, 0) is 36.0 Å². The number of aryl methyl sites for hydroxylation is 1. The summed E-state index contributed by atoms with van der Waals surface area (Å²) in [6.45, 7) is 10.1. The lowest BCUT2D eigenvalue weighted by atomic mass is 9.71. The first-order valence-corrected chi connectivity index (χ1v) is 13.0. The van der Waals surface area contributed by atoms with Gasteiger partial charge in [-0.25, -0.2) is 0 Å². The molecular weight excluding hydrogens is 456 g/mol. The van der Waals surface area contributed by atoms with Crippen molar-refractivity contribution in [3.05, 3.63) is 52.8 Å². The maximum atomic E-state index is 13.4. The molecule has 1 aromatic carbocycles. The molecule has 1 aromatic heterocycles. The van der Waals surface area contributed by atoms with Crippen LogP contribution in [0.4, 0.5) is 0 Å². The fraction of sp³-hybridized carbons (Fsp3) is 0.607. The molecule has 2 aliphatic rings. The van der Waals surface area contributed by atoms with Gasteiger partial charge in [-0.2, -0.15) is 5.10 Å². The van der Waals surface area contributed by atoms with Gasteiger partial charge in [-0.1, -0.05) is 52.0 Å². The molecule has 0 radical (unpaired) electrons. The van der Waals surface area contributed by atoms with Crippen LogP contribution in [0.1, 0.15) is 79.8 Å². The smallest absolute Gasteiger partial charge is 0.272 e. The van der Waals surface area contributed by atoms with Crippen molar-refractivity contribution in [1.29, 1.82) is 0 Å². The first kappa shape index (κ1) is 26.4. The van der Waals surface area contributed by atoms with Crippen molar-refractivity contribution in [2.75, 3.05) is 33.4 Å². The lowest BCUT2D eigenvalue weighted by Crippen LogP contribution is -2.52. The molecule has 1 aliphatic heterocycles. The van der Waals surface area contributed by atoms with Crippen molar-refractivity contribution < 1.29 is 19.1 Å². The second-order valence-corrected chi connectivity index (χ2v) is 10.7. The van der Waals surface area contributed by atoms with Crippen LogP contribution in [0.25, 0.3) is 0 Å². The summed E-state index contributed by atoms with van der Waals surface area (Å²) < 4.78 is 13.4. The van der Waals surface area contributed by atoms with E-state index < -0.39 is 0 Å². The molecule has 196 valence electrons. The van der Waals surface area contributed by atoms with Gasteiger partial charge in [-0.3, -0.25) is 14.3 Å². The number of nitrogens with zero attached hydrogens (tertiary/aromatic N) is 3. The van der Waals surface area contributed by atoms with E-state index in [1.165, 1.54) is 5.56 Å². The van der Waals surface area contributed by atoms with Crippen LogP contribution < -0.4 is 5.32 Å². The zero-order valence-electron chi connectivity index (χ0n) is 22.4. The largest absolute Gasteiger partial charge is 0.382 e. The summed E-state index contributed by atoms with van der Waals surface area (Å²) in [5.74, 6) is 0.166. The Hall–Kier alpha value is -2.71. The molecule has 1 spiro atoms. The van der Waals surface area contributed by atoms with Crippen LogP contribution in [-0.4, -0.2) is 66.0 Å². The highest BCUT2D eigenvalue weighted by atomic mass is 16.5. The van der Waals surface area contributed by atoms with E-state index >= 15 is 0 Å². The minimum absolute atomic E-state index is 0.0111. The predicted molar refractivity (Wildman–Crippen MR) is 138 cm³/mol. The van der Waals surface area contributed by atoms with Crippen LogP contribution in [0.2, 0.25) is 0 Å². The summed E-state index contributed by atoms with van der Waals surface area (Å²) in [7, 11) is 3.49. The summed E-state index contributed by atoms with van der Waals surface area (Å²) >= 11 is 0. The lowest BCUT2D eigenvalue weighted by Gasteiger charge is -2.44. The third-order valence-electron chi connectivity index (χ3n) is 7.74. The minimum Gasteiger partial charge on any atom is -0.382 e. The SMILES string of the molecule is COCCO[C@H]1[C@H](NC(=O)C(C)C)c2ccccc2C12CCN(C(=O)c1cc(C(C)C)nn1C)CC2. The monoisotopic (exact) mass is 496 g/mol. The molecule has 1 aliphatic carbocycles. The van der Waals surface area contributed by atoms with Gasteiger partial charge in [0.2, 0.25) is 5.91 Å². The third-order valence-corrected chi connectivity index (χ3v) is 7.74. The van der Waals surface area contributed by atoms with E-state index in [4.69, 9.17) is 9.47 Å². The minimum atomic E-state index is -0.286. The number of ether oxygens (including phenoxy) is 2. The van der Waals surface area contributed by atoms with Gasteiger partial charge in [0.15, 0.2) is 0 Å². The number of fused-ring (bicyclic) bond motifs is 2. The Bertz CT molecular complexity index is 1080. The van der Waals surface area contributed by atoms with Crippen LogP contribution in [0.5, 0.6) is 0 Å². The maximum Gasteiger partial charge on any atom is 0.272 e. The predicted octanol–water partition coefficient (Wildman–Crippen LogP) is 3.58. The molecule has 2 heterocycles. The number of aromatic nitrogens is 2. The highest BCUT2D eigenvalue weighted by Gasteiger charge is 2.54. The Morgan fingerprint density at radius 3 is 2.44 bits per heavy atom. The number of carbonyl (C=O) groups is 2. The second-order valence-electron chi connectivity index (χ2n) is 10.7. The topological polar surface area (TPSA) is 85.7 Å². The molecule has 2 aromatic rings. The number of piperidine rings is 1. The summed E-state index contributed by atoms with van der Waals surface area (Å²) in [6, 6.07) is 10.0. The van der Waals surface area contributed by atoms with Crippen LogP contribution >= 0.6 is 0 Å². The molecule has 1 saturated heterocycles. The molecule has 0 bridgehead atoms. The normalized spacial score (nSPS) is 20.8. The van der Waals surface area contributed by atoms with E-state index in [2.05, 4.69) is 42.5 Å². The quantitative estimate of drug-likeness (QED) is 0.565. The van der Waals surface area contributed by atoms with Crippen LogP contribution in [0, 0.1) is 5.92 Å². The van der Waals surface area contributed by atoms with E-state index in [0.717, 1.165) is 24.1 Å². The van der Waals surface area contributed by atoms with Gasteiger partial charge < -0.3 is 19.7 Å². The van der Waals surface area contributed by atoms with E-state index in [1.54, 1.807) is 11.8 Å².